The van der Waals surface area contributed by atoms with E-state index < -0.39 is 0 Å². The first-order valence-corrected chi connectivity index (χ1v) is 5.81. The van der Waals surface area contributed by atoms with Gasteiger partial charge in [0.05, 0.1) is 5.69 Å². The fraction of sp³-hybridized carbons (Fsp3) is 0.364. The van der Waals surface area contributed by atoms with Crippen molar-refractivity contribution in [1.82, 2.24) is 9.38 Å². The third kappa shape index (κ3) is 2.38. The summed E-state index contributed by atoms with van der Waals surface area (Å²) in [4.78, 5) is 4.53. The van der Waals surface area contributed by atoms with Crippen LogP contribution in [0.1, 0.15) is 12.6 Å². The molecule has 2 heterocycles. The number of rotatable bonds is 3. The van der Waals surface area contributed by atoms with E-state index in [1.165, 1.54) is 0 Å². The van der Waals surface area contributed by atoms with Crippen molar-refractivity contribution in [1.29, 1.82) is 0 Å². The molecule has 0 fully saturated rings. The van der Waals surface area contributed by atoms with Crippen LogP contribution in [-0.2, 0) is 6.42 Å². The summed E-state index contributed by atoms with van der Waals surface area (Å²) in [7, 11) is 0. The Morgan fingerprint density at radius 3 is 3.00 bits per heavy atom. The summed E-state index contributed by atoms with van der Waals surface area (Å²) in [5.41, 5.74) is 7.68. The molecular formula is C11H14BrN3. The largest absolute Gasteiger partial charge is 0.330 e. The van der Waals surface area contributed by atoms with Crippen molar-refractivity contribution in [2.45, 2.75) is 13.3 Å². The van der Waals surface area contributed by atoms with E-state index in [4.69, 9.17) is 5.73 Å². The molecule has 2 rings (SSSR count). The molecule has 80 valence electrons. The molecule has 2 aromatic rings. The van der Waals surface area contributed by atoms with Gasteiger partial charge in [0.1, 0.15) is 5.65 Å². The highest BCUT2D eigenvalue weighted by Crippen LogP contribution is 2.14. The molecule has 0 spiro atoms. The van der Waals surface area contributed by atoms with Gasteiger partial charge in [-0.15, -0.1) is 0 Å². The Balaban J connectivity index is 2.30. The molecule has 0 aromatic carbocycles. The summed E-state index contributed by atoms with van der Waals surface area (Å²) >= 11 is 3.44. The smallest absolute Gasteiger partial charge is 0.137 e. The molecule has 0 saturated carbocycles. The number of nitrogens with two attached hydrogens (primary N) is 1. The van der Waals surface area contributed by atoms with E-state index in [-0.39, 0.29) is 0 Å². The predicted molar refractivity (Wildman–Crippen MR) is 64.8 cm³/mol. The fourth-order valence-corrected chi connectivity index (χ4v) is 1.91. The van der Waals surface area contributed by atoms with Gasteiger partial charge in [-0.3, -0.25) is 0 Å². The Bertz CT molecular complexity index is 464. The molecule has 3 nitrogen and oxygen atoms in total. The maximum Gasteiger partial charge on any atom is 0.137 e. The third-order valence-corrected chi connectivity index (χ3v) is 2.89. The van der Waals surface area contributed by atoms with Crippen LogP contribution in [0.4, 0.5) is 0 Å². The minimum atomic E-state index is 0.485. The zero-order valence-electron chi connectivity index (χ0n) is 8.65. The number of halogens is 1. The van der Waals surface area contributed by atoms with Crippen LogP contribution in [0.5, 0.6) is 0 Å². The van der Waals surface area contributed by atoms with Crippen LogP contribution in [0, 0.1) is 5.92 Å². The third-order valence-electron chi connectivity index (χ3n) is 2.42. The lowest BCUT2D eigenvalue weighted by molar-refractivity contribution is 0.586. The van der Waals surface area contributed by atoms with Crippen molar-refractivity contribution in [3.8, 4) is 0 Å². The van der Waals surface area contributed by atoms with Gasteiger partial charge in [-0.2, -0.15) is 0 Å². The predicted octanol–water partition coefficient (Wildman–Crippen LogP) is 2.23. The zero-order chi connectivity index (χ0) is 10.8. The number of hydrogen-bond donors (Lipinski definition) is 1. The molecule has 0 aliphatic rings. The number of pyridine rings is 1. The molecule has 15 heavy (non-hydrogen) atoms. The first-order valence-electron chi connectivity index (χ1n) is 5.02. The molecule has 1 unspecified atom stereocenters. The van der Waals surface area contributed by atoms with E-state index >= 15 is 0 Å². The van der Waals surface area contributed by atoms with E-state index in [2.05, 4.69) is 34.0 Å². The van der Waals surface area contributed by atoms with Crippen LogP contribution in [0.25, 0.3) is 5.65 Å². The molecule has 2 aromatic heterocycles. The van der Waals surface area contributed by atoms with E-state index in [1.807, 2.05) is 22.7 Å². The number of fused-ring (bicyclic) bond motifs is 1. The van der Waals surface area contributed by atoms with Crippen molar-refractivity contribution >= 4 is 21.6 Å². The van der Waals surface area contributed by atoms with Crippen molar-refractivity contribution in [3.63, 3.8) is 0 Å². The number of imidazole rings is 1. The first-order chi connectivity index (χ1) is 7.19. The van der Waals surface area contributed by atoms with Crippen LogP contribution in [0.3, 0.4) is 0 Å². The van der Waals surface area contributed by atoms with Gasteiger partial charge in [-0.25, -0.2) is 4.98 Å². The standard InChI is InChI=1S/C11H14BrN3/c1-8(5-13)4-10-7-15-6-9(12)2-3-11(15)14-10/h2-3,6-8H,4-5,13H2,1H3. The van der Waals surface area contributed by atoms with E-state index in [1.54, 1.807) is 0 Å². The second-order valence-electron chi connectivity index (χ2n) is 3.89. The summed E-state index contributed by atoms with van der Waals surface area (Å²) in [5, 5.41) is 0. The maximum absolute atomic E-state index is 5.60. The van der Waals surface area contributed by atoms with Gasteiger partial charge < -0.3 is 10.1 Å². The van der Waals surface area contributed by atoms with Crippen molar-refractivity contribution in [2.24, 2.45) is 11.7 Å². The van der Waals surface area contributed by atoms with Gasteiger partial charge in [0.2, 0.25) is 0 Å². The molecule has 0 aliphatic heterocycles. The average molecular weight is 268 g/mol. The number of nitrogens with zero attached hydrogens (tertiary/aromatic N) is 2. The van der Waals surface area contributed by atoms with Crippen LogP contribution < -0.4 is 5.73 Å². The first kappa shape index (κ1) is 10.6. The Labute approximate surface area is 97.4 Å². The lowest BCUT2D eigenvalue weighted by atomic mass is 10.1. The van der Waals surface area contributed by atoms with Crippen molar-refractivity contribution < 1.29 is 0 Å². The van der Waals surface area contributed by atoms with Crippen LogP contribution in [0.15, 0.2) is 29.0 Å². The molecule has 0 bridgehead atoms. The lowest BCUT2D eigenvalue weighted by Gasteiger charge is -2.03. The Morgan fingerprint density at radius 2 is 2.27 bits per heavy atom. The molecule has 0 saturated heterocycles. The molecule has 2 N–H and O–H groups in total. The molecule has 4 heteroatoms. The van der Waals surface area contributed by atoms with Crippen molar-refractivity contribution in [2.75, 3.05) is 6.54 Å². The van der Waals surface area contributed by atoms with Gasteiger partial charge >= 0.3 is 0 Å². The summed E-state index contributed by atoms with van der Waals surface area (Å²) in [6.45, 7) is 2.84. The van der Waals surface area contributed by atoms with Gasteiger partial charge in [0, 0.05) is 16.9 Å². The van der Waals surface area contributed by atoms with E-state index in [0.717, 1.165) is 22.2 Å². The highest BCUT2D eigenvalue weighted by Gasteiger charge is 2.05. The highest BCUT2D eigenvalue weighted by atomic mass is 79.9. The number of aromatic nitrogens is 2. The van der Waals surface area contributed by atoms with Gasteiger partial charge in [0.15, 0.2) is 0 Å². The maximum atomic E-state index is 5.60. The average Bonchev–Trinajstić information content (AvgIpc) is 2.59. The Morgan fingerprint density at radius 1 is 1.47 bits per heavy atom. The molecule has 1 atom stereocenters. The summed E-state index contributed by atoms with van der Waals surface area (Å²) in [6, 6.07) is 4.00. The summed E-state index contributed by atoms with van der Waals surface area (Å²) < 4.78 is 3.09. The summed E-state index contributed by atoms with van der Waals surface area (Å²) in [5.74, 6) is 0.485. The Hall–Kier alpha value is -0.870. The lowest BCUT2D eigenvalue weighted by Crippen LogP contribution is -2.13. The highest BCUT2D eigenvalue weighted by molar-refractivity contribution is 9.10. The monoisotopic (exact) mass is 267 g/mol. The van der Waals surface area contributed by atoms with E-state index in [0.29, 0.717) is 12.5 Å². The van der Waals surface area contributed by atoms with Gasteiger partial charge in [-0.05, 0) is 46.9 Å². The molecule has 0 amide bonds. The second kappa shape index (κ2) is 4.33. The Kier molecular flexibility index (Phi) is 3.07. The zero-order valence-corrected chi connectivity index (χ0v) is 10.2. The van der Waals surface area contributed by atoms with Crippen LogP contribution in [0.2, 0.25) is 0 Å². The van der Waals surface area contributed by atoms with Gasteiger partial charge in [-0.1, -0.05) is 6.92 Å². The fourth-order valence-electron chi connectivity index (χ4n) is 1.56. The van der Waals surface area contributed by atoms with Crippen molar-refractivity contribution in [3.05, 3.63) is 34.7 Å². The van der Waals surface area contributed by atoms with Crippen LogP contribution in [-0.4, -0.2) is 15.9 Å². The van der Waals surface area contributed by atoms with E-state index in [9.17, 15) is 0 Å². The van der Waals surface area contributed by atoms with Crippen LogP contribution >= 0.6 is 15.9 Å². The normalized spacial score (nSPS) is 13.3. The minimum Gasteiger partial charge on any atom is -0.330 e. The summed E-state index contributed by atoms with van der Waals surface area (Å²) in [6.07, 6.45) is 5.01. The SMILES string of the molecule is CC(CN)Cc1cn2cc(Br)ccc2n1. The number of hydrogen-bond acceptors (Lipinski definition) is 2. The van der Waals surface area contributed by atoms with Gasteiger partial charge in [0.25, 0.3) is 0 Å². The quantitative estimate of drug-likeness (QED) is 0.927. The minimum absolute atomic E-state index is 0.485. The molecule has 0 radical (unpaired) electrons. The molecule has 0 aliphatic carbocycles. The second-order valence-corrected chi connectivity index (χ2v) is 4.81. The topological polar surface area (TPSA) is 43.3 Å². The molecular weight excluding hydrogens is 254 g/mol.